The number of halogens is 1. The summed E-state index contributed by atoms with van der Waals surface area (Å²) in [5.74, 6) is -1.63. The minimum absolute atomic E-state index is 0.0198. The molecule has 5 N–H and O–H groups in total. The van der Waals surface area contributed by atoms with E-state index in [-0.39, 0.29) is 30.3 Å². The number of nitrogen functional groups attached to an aromatic ring is 1. The first kappa shape index (κ1) is 32.2. The number of morpholine rings is 1. The number of anilines is 1. The highest BCUT2D eigenvalue weighted by molar-refractivity contribution is 9.10. The van der Waals surface area contributed by atoms with Gasteiger partial charge >= 0.3 is 5.97 Å². The number of nitrogens with two attached hydrogens (primary N) is 1. The first-order chi connectivity index (χ1) is 19.1. The van der Waals surface area contributed by atoms with Crippen molar-refractivity contribution in [3.8, 4) is 0 Å². The second-order valence-electron chi connectivity index (χ2n) is 10.3. The maximum Gasteiger partial charge on any atom is 0.308 e. The third kappa shape index (κ3) is 8.12. The molecule has 2 unspecified atom stereocenters. The largest absolute Gasteiger partial charge is 0.469 e. The molecule has 2 aromatic rings. The number of esters is 1. The van der Waals surface area contributed by atoms with E-state index in [0.717, 1.165) is 0 Å². The van der Waals surface area contributed by atoms with E-state index in [2.05, 4.69) is 26.6 Å². The molecule has 14 heteroatoms. The van der Waals surface area contributed by atoms with E-state index in [1.54, 1.807) is 57.2 Å². The topological polar surface area (TPSA) is 181 Å². The van der Waals surface area contributed by atoms with Gasteiger partial charge in [0.15, 0.2) is 0 Å². The molecule has 0 aromatic heterocycles. The molecule has 3 rings (SSSR count). The summed E-state index contributed by atoms with van der Waals surface area (Å²) in [5, 5.41) is 12.8. The van der Waals surface area contributed by atoms with Gasteiger partial charge in [-0.25, -0.2) is 8.42 Å². The van der Waals surface area contributed by atoms with Crippen LogP contribution in [0.3, 0.4) is 0 Å². The van der Waals surface area contributed by atoms with Gasteiger partial charge < -0.3 is 25.8 Å². The van der Waals surface area contributed by atoms with E-state index in [9.17, 15) is 22.8 Å². The lowest BCUT2D eigenvalue weighted by molar-refractivity contribution is -0.147. The number of ether oxygens (including phenoxy) is 2. The first-order valence-corrected chi connectivity index (χ1v) is 14.9. The van der Waals surface area contributed by atoms with Crippen LogP contribution >= 0.6 is 15.9 Å². The molecule has 0 bridgehead atoms. The number of carbonyl (C=O) groups excluding carboxylic acids is 3. The van der Waals surface area contributed by atoms with Crippen molar-refractivity contribution < 1.29 is 32.3 Å². The summed E-state index contributed by atoms with van der Waals surface area (Å²) in [7, 11) is -2.74. The summed E-state index contributed by atoms with van der Waals surface area (Å²) in [6.07, 6.45) is -1.14. The summed E-state index contributed by atoms with van der Waals surface area (Å²) >= 11 is 3.37. The molecule has 0 spiro atoms. The number of carbonyl (C=O) groups is 3. The van der Waals surface area contributed by atoms with Gasteiger partial charge in [0, 0.05) is 22.3 Å². The molecular formula is C27H34BrN5O7S. The lowest BCUT2D eigenvalue weighted by Gasteiger charge is -2.44. The molecule has 1 aliphatic heterocycles. The van der Waals surface area contributed by atoms with E-state index < -0.39 is 51.9 Å². The Morgan fingerprint density at radius 1 is 1.20 bits per heavy atom. The fourth-order valence-corrected chi connectivity index (χ4v) is 7.13. The monoisotopic (exact) mass is 651 g/mol. The van der Waals surface area contributed by atoms with Crippen molar-refractivity contribution in [3.63, 3.8) is 0 Å². The van der Waals surface area contributed by atoms with Crippen LogP contribution in [-0.2, 0) is 33.9 Å². The van der Waals surface area contributed by atoms with Crippen molar-refractivity contribution in [2.24, 2.45) is 5.73 Å². The number of hydrogen-bond donors (Lipinski definition) is 4. The van der Waals surface area contributed by atoms with Gasteiger partial charge in [-0.15, -0.1) is 0 Å². The third-order valence-corrected chi connectivity index (χ3v) is 9.60. The number of benzene rings is 2. The number of sulfonamides is 1. The smallest absolute Gasteiger partial charge is 0.308 e. The van der Waals surface area contributed by atoms with Crippen molar-refractivity contribution in [2.75, 3.05) is 25.6 Å². The molecule has 2 amide bonds. The third-order valence-electron chi connectivity index (χ3n) is 6.54. The molecule has 41 heavy (non-hydrogen) atoms. The van der Waals surface area contributed by atoms with E-state index in [1.165, 1.54) is 17.5 Å². The molecule has 2 atom stereocenters. The maximum atomic E-state index is 13.7. The maximum absolute atomic E-state index is 13.7. The lowest BCUT2D eigenvalue weighted by Crippen LogP contribution is -2.58. The van der Waals surface area contributed by atoms with Crippen LogP contribution in [-0.4, -0.2) is 68.2 Å². The highest BCUT2D eigenvalue weighted by Gasteiger charge is 2.44. The fourth-order valence-electron chi connectivity index (χ4n) is 4.27. The average Bonchev–Trinajstić information content (AvgIpc) is 2.89. The summed E-state index contributed by atoms with van der Waals surface area (Å²) in [5.41, 5.74) is 6.15. The van der Waals surface area contributed by atoms with Crippen molar-refractivity contribution in [1.29, 1.82) is 5.41 Å². The number of hydrogen-bond acceptors (Lipinski definition) is 8. The lowest BCUT2D eigenvalue weighted by atomic mass is 10.0. The molecule has 1 fully saturated rings. The zero-order valence-corrected chi connectivity index (χ0v) is 25.6. The summed E-state index contributed by atoms with van der Waals surface area (Å²) in [4.78, 5) is 36.6. The van der Waals surface area contributed by atoms with Crippen molar-refractivity contribution in [1.82, 2.24) is 9.62 Å². The van der Waals surface area contributed by atoms with E-state index in [1.807, 2.05) is 0 Å². The highest BCUT2D eigenvalue weighted by atomic mass is 79.9. The minimum atomic E-state index is -4.00. The van der Waals surface area contributed by atoms with E-state index in [4.69, 9.17) is 20.6 Å². The van der Waals surface area contributed by atoms with E-state index >= 15 is 0 Å². The Balaban J connectivity index is 1.66. The van der Waals surface area contributed by atoms with Gasteiger partial charge in [-0.3, -0.25) is 19.8 Å². The van der Waals surface area contributed by atoms with Gasteiger partial charge in [-0.2, -0.15) is 4.31 Å². The Hall–Kier alpha value is -3.33. The van der Waals surface area contributed by atoms with Crippen molar-refractivity contribution in [3.05, 3.63) is 58.1 Å². The molecular weight excluding hydrogens is 618 g/mol. The second-order valence-corrected chi connectivity index (χ2v) is 12.9. The number of nitrogens with one attached hydrogen (secondary N) is 3. The number of amides is 2. The SMILES string of the molecule is COC(=O)CC1CN(S(=O)(=O)c2ccc(C(C)NC(=O)CC(=O)Nc3ccc(C(=N)N)cc3)cc2Br)C(C)(C)CO1. The molecule has 12 nitrogen and oxygen atoms in total. The predicted molar refractivity (Wildman–Crippen MR) is 156 cm³/mol. The van der Waals surface area contributed by atoms with Crippen LogP contribution in [0.25, 0.3) is 0 Å². The van der Waals surface area contributed by atoms with Gasteiger partial charge in [-0.1, -0.05) is 6.07 Å². The summed E-state index contributed by atoms with van der Waals surface area (Å²) < 4.78 is 39.4. The Bertz CT molecular complexity index is 1430. The predicted octanol–water partition coefficient (Wildman–Crippen LogP) is 2.67. The summed E-state index contributed by atoms with van der Waals surface area (Å²) in [6, 6.07) is 10.5. The molecule has 1 aliphatic rings. The number of amidine groups is 1. The van der Waals surface area contributed by atoms with Crippen LogP contribution in [0.4, 0.5) is 5.69 Å². The van der Waals surface area contributed by atoms with Crippen molar-refractivity contribution >= 4 is 55.3 Å². The molecule has 0 saturated carbocycles. The zero-order chi connectivity index (χ0) is 30.5. The van der Waals surface area contributed by atoms with Crippen molar-refractivity contribution in [2.45, 2.75) is 56.2 Å². The molecule has 2 aromatic carbocycles. The molecule has 222 valence electrons. The average molecular weight is 653 g/mol. The Labute approximate surface area is 247 Å². The minimum Gasteiger partial charge on any atom is -0.469 e. The standard InChI is InChI=1S/C27H34BrN5O7S/c1-16(31-23(34)13-24(35)32-19-8-5-17(6-9-19)26(29)30)18-7-10-22(21(28)11-18)41(37,38)33-14-20(12-25(36)39-4)40-15-27(33,2)3/h5-11,16,20H,12-15H2,1-4H3,(H3,29,30)(H,31,34)(H,32,35). The van der Waals surface area contributed by atoms with Gasteiger partial charge in [-0.05, 0) is 78.7 Å². The normalized spacial score (nSPS) is 17.7. The van der Waals surface area contributed by atoms with Crippen LogP contribution < -0.4 is 16.4 Å². The van der Waals surface area contributed by atoms with Crippen LogP contribution in [0.1, 0.15) is 50.8 Å². The van der Waals surface area contributed by atoms with Crippen LogP contribution in [0.2, 0.25) is 0 Å². The van der Waals surface area contributed by atoms with Gasteiger partial charge in [0.05, 0.1) is 42.7 Å². The zero-order valence-electron chi connectivity index (χ0n) is 23.2. The quantitative estimate of drug-likeness (QED) is 0.131. The van der Waals surface area contributed by atoms with Crippen LogP contribution in [0.15, 0.2) is 51.8 Å². The Kier molecular flexibility index (Phi) is 10.3. The first-order valence-electron chi connectivity index (χ1n) is 12.7. The van der Waals surface area contributed by atoms with Gasteiger partial charge in [0.25, 0.3) is 0 Å². The second kappa shape index (κ2) is 13.1. The van der Waals surface area contributed by atoms with Crippen LogP contribution in [0.5, 0.6) is 0 Å². The van der Waals surface area contributed by atoms with Crippen LogP contribution in [0, 0.1) is 5.41 Å². The molecule has 0 radical (unpaired) electrons. The Morgan fingerprint density at radius 2 is 1.85 bits per heavy atom. The molecule has 1 heterocycles. The Morgan fingerprint density at radius 3 is 2.44 bits per heavy atom. The number of nitrogens with zero attached hydrogens (tertiary/aromatic N) is 1. The van der Waals surface area contributed by atoms with Gasteiger partial charge in [0.2, 0.25) is 21.8 Å². The van der Waals surface area contributed by atoms with Gasteiger partial charge in [0.1, 0.15) is 12.3 Å². The molecule has 0 aliphatic carbocycles. The number of rotatable bonds is 10. The number of methoxy groups -OCH3 is 1. The molecule has 1 saturated heterocycles. The van der Waals surface area contributed by atoms with E-state index in [0.29, 0.717) is 21.3 Å². The fraction of sp³-hybridized carbons (Fsp3) is 0.407. The summed E-state index contributed by atoms with van der Waals surface area (Å²) in [6.45, 7) is 5.29. The highest BCUT2D eigenvalue weighted by Crippen LogP contribution is 2.34.